The average Bonchev–Trinajstić information content (AvgIpc) is 3.20. The van der Waals surface area contributed by atoms with Gasteiger partial charge < -0.3 is 24.1 Å². The van der Waals surface area contributed by atoms with E-state index in [9.17, 15) is 14.7 Å². The molecule has 0 saturated carbocycles. The molecular formula is C19H24O7. The highest BCUT2D eigenvalue weighted by molar-refractivity contribution is 5.91. The molecule has 0 aromatic rings. The summed E-state index contributed by atoms with van der Waals surface area (Å²) < 4.78 is 22.6. The summed E-state index contributed by atoms with van der Waals surface area (Å²) in [5, 5.41) is 10.5. The van der Waals surface area contributed by atoms with Crippen LogP contribution in [0.2, 0.25) is 0 Å². The molecule has 1 spiro atoms. The number of aliphatic hydroxyl groups excluding tert-OH is 1. The number of carbonyl (C=O) groups is 2. The fourth-order valence-corrected chi connectivity index (χ4v) is 4.13. The molecule has 7 nitrogen and oxygen atoms in total. The molecule has 0 aromatic heterocycles. The molecule has 0 radical (unpaired) electrons. The van der Waals surface area contributed by atoms with Gasteiger partial charge in [0.2, 0.25) is 0 Å². The number of esters is 2. The zero-order valence-electron chi connectivity index (χ0n) is 15.0. The van der Waals surface area contributed by atoms with E-state index < -0.39 is 36.0 Å². The molecule has 3 saturated heterocycles. The number of ether oxygens (including phenoxy) is 4. The second-order valence-electron chi connectivity index (χ2n) is 7.84. The maximum absolute atomic E-state index is 12.2. The van der Waals surface area contributed by atoms with Crippen molar-refractivity contribution in [3.63, 3.8) is 0 Å². The molecule has 3 fully saturated rings. The van der Waals surface area contributed by atoms with Crippen molar-refractivity contribution in [1.29, 1.82) is 0 Å². The molecule has 2 bridgehead atoms. The lowest BCUT2D eigenvalue weighted by Crippen LogP contribution is -2.44. The van der Waals surface area contributed by atoms with Crippen LogP contribution in [0.4, 0.5) is 0 Å². The van der Waals surface area contributed by atoms with Gasteiger partial charge in [-0.15, -0.1) is 0 Å². The number of fused-ring (bicyclic) bond motifs is 4. The highest BCUT2D eigenvalue weighted by Gasteiger charge is 2.65. The molecule has 4 heterocycles. The van der Waals surface area contributed by atoms with Gasteiger partial charge in [-0.2, -0.15) is 0 Å². The molecular weight excluding hydrogens is 340 g/mol. The van der Waals surface area contributed by atoms with E-state index >= 15 is 0 Å². The molecule has 5 rings (SSSR count). The summed E-state index contributed by atoms with van der Waals surface area (Å²) >= 11 is 0. The normalized spacial score (nSPS) is 43.7. The summed E-state index contributed by atoms with van der Waals surface area (Å²) in [5.74, 6) is -1.63. The maximum Gasteiger partial charge on any atom is 0.334 e. The zero-order valence-corrected chi connectivity index (χ0v) is 15.0. The van der Waals surface area contributed by atoms with E-state index in [1.165, 1.54) is 0 Å². The average molecular weight is 364 g/mol. The Hall–Kier alpha value is -1.70. The third-order valence-electron chi connectivity index (χ3n) is 5.74. The molecule has 5 aliphatic rings. The van der Waals surface area contributed by atoms with Crippen LogP contribution in [0, 0.1) is 11.8 Å². The molecule has 1 aliphatic carbocycles. The Morgan fingerprint density at radius 2 is 2.23 bits per heavy atom. The molecule has 6 atom stereocenters. The van der Waals surface area contributed by atoms with E-state index in [2.05, 4.69) is 6.58 Å². The van der Waals surface area contributed by atoms with Crippen LogP contribution in [0.15, 0.2) is 23.8 Å². The van der Waals surface area contributed by atoms with Crippen molar-refractivity contribution in [2.24, 2.45) is 11.8 Å². The number of hydrogen-bond donors (Lipinski definition) is 1. The molecule has 0 amide bonds. The monoisotopic (exact) mass is 364 g/mol. The van der Waals surface area contributed by atoms with Crippen molar-refractivity contribution >= 4 is 11.9 Å². The van der Waals surface area contributed by atoms with Gasteiger partial charge in [-0.25, -0.2) is 4.79 Å². The minimum Gasteiger partial charge on any atom is -0.458 e. The summed E-state index contributed by atoms with van der Waals surface area (Å²) in [5.41, 5.74) is 0.321. The molecule has 1 N–H and O–H groups in total. The van der Waals surface area contributed by atoms with Crippen LogP contribution < -0.4 is 0 Å². The van der Waals surface area contributed by atoms with Crippen molar-refractivity contribution in [3.8, 4) is 0 Å². The summed E-state index contributed by atoms with van der Waals surface area (Å²) in [6.45, 7) is 7.62. The second kappa shape index (κ2) is 6.18. The van der Waals surface area contributed by atoms with E-state index in [1.54, 1.807) is 13.8 Å². The van der Waals surface area contributed by atoms with Crippen LogP contribution in [0.1, 0.15) is 33.1 Å². The Labute approximate surface area is 151 Å². The van der Waals surface area contributed by atoms with Gasteiger partial charge in [-0.05, 0) is 24.5 Å². The number of rotatable bonds is 2. The van der Waals surface area contributed by atoms with Gasteiger partial charge in [-0.1, -0.05) is 20.4 Å². The quantitative estimate of drug-likeness (QED) is 0.341. The fraction of sp³-hybridized carbons (Fsp3) is 0.684. The van der Waals surface area contributed by atoms with Crippen molar-refractivity contribution in [3.05, 3.63) is 23.8 Å². The van der Waals surface area contributed by atoms with Crippen LogP contribution in [0.25, 0.3) is 0 Å². The predicted octanol–water partition coefficient (Wildman–Crippen LogP) is 1.25. The lowest BCUT2D eigenvalue weighted by molar-refractivity contribution is -0.161. The number of aliphatic hydroxyl groups is 1. The zero-order chi connectivity index (χ0) is 18.6. The Balaban J connectivity index is 1.74. The summed E-state index contributed by atoms with van der Waals surface area (Å²) in [4.78, 5) is 24.4. The van der Waals surface area contributed by atoms with Crippen LogP contribution in [0.3, 0.4) is 0 Å². The highest BCUT2D eigenvalue weighted by atomic mass is 16.7. The van der Waals surface area contributed by atoms with Crippen LogP contribution in [-0.2, 0) is 28.5 Å². The molecule has 26 heavy (non-hydrogen) atoms. The first kappa shape index (κ1) is 17.7. The number of carbonyl (C=O) groups excluding carboxylic acids is 2. The van der Waals surface area contributed by atoms with Crippen LogP contribution in [-0.4, -0.2) is 53.9 Å². The number of epoxide rings is 1. The van der Waals surface area contributed by atoms with Crippen molar-refractivity contribution in [2.75, 3.05) is 6.61 Å². The topological polar surface area (TPSA) is 94.6 Å². The molecule has 4 aliphatic heterocycles. The first-order valence-electron chi connectivity index (χ1n) is 9.09. The minimum atomic E-state index is -1.08. The lowest BCUT2D eigenvalue weighted by atomic mass is 9.81. The SMILES string of the molecule is C=C1C(=O)OC2CC34OC3CC/C(=C\C(OC(=O)C(C)C)C12)COC4O. The highest BCUT2D eigenvalue weighted by Crippen LogP contribution is 2.52. The van der Waals surface area contributed by atoms with Crippen LogP contribution >= 0.6 is 0 Å². The van der Waals surface area contributed by atoms with E-state index in [-0.39, 0.29) is 36.6 Å². The fourth-order valence-electron chi connectivity index (χ4n) is 4.13. The Kier molecular flexibility index (Phi) is 4.21. The van der Waals surface area contributed by atoms with E-state index in [1.807, 2.05) is 6.08 Å². The van der Waals surface area contributed by atoms with Gasteiger partial charge in [-0.3, -0.25) is 4.79 Å². The van der Waals surface area contributed by atoms with Crippen molar-refractivity contribution in [1.82, 2.24) is 0 Å². The summed E-state index contributed by atoms with van der Waals surface area (Å²) in [6, 6.07) is 0. The lowest BCUT2D eigenvalue weighted by Gasteiger charge is -2.32. The molecule has 0 aromatic carbocycles. The van der Waals surface area contributed by atoms with Gasteiger partial charge in [0.15, 0.2) is 6.29 Å². The van der Waals surface area contributed by atoms with Crippen molar-refractivity contribution < 1.29 is 33.6 Å². The molecule has 6 unspecified atom stereocenters. The third-order valence-corrected chi connectivity index (χ3v) is 5.74. The van der Waals surface area contributed by atoms with Crippen molar-refractivity contribution in [2.45, 2.75) is 63.3 Å². The standard InChI is InChI=1S/C19H24O7/c1-9(2)16(20)24-12-6-11-4-5-14-19(26-14,18(22)23-8-11)7-13-15(12)10(3)17(21)25-13/h6,9,12-15,18,22H,3-5,7-8H2,1-2H3/b11-6+. The van der Waals surface area contributed by atoms with Gasteiger partial charge in [0, 0.05) is 12.0 Å². The summed E-state index contributed by atoms with van der Waals surface area (Å²) in [6.07, 6.45) is 1.11. The first-order valence-corrected chi connectivity index (χ1v) is 9.09. The maximum atomic E-state index is 12.2. The van der Waals surface area contributed by atoms with Gasteiger partial charge >= 0.3 is 11.9 Å². The smallest absolute Gasteiger partial charge is 0.334 e. The molecule has 7 heteroatoms. The first-order chi connectivity index (χ1) is 12.3. The predicted molar refractivity (Wildman–Crippen MR) is 88.7 cm³/mol. The summed E-state index contributed by atoms with van der Waals surface area (Å²) in [7, 11) is 0. The van der Waals surface area contributed by atoms with E-state index in [4.69, 9.17) is 18.9 Å². The van der Waals surface area contributed by atoms with E-state index in [0.29, 0.717) is 6.42 Å². The Bertz CT molecular complexity index is 681. The second-order valence-corrected chi connectivity index (χ2v) is 7.84. The Morgan fingerprint density at radius 1 is 1.46 bits per heavy atom. The third kappa shape index (κ3) is 2.78. The van der Waals surface area contributed by atoms with E-state index in [0.717, 1.165) is 12.0 Å². The minimum absolute atomic E-state index is 0.135. The van der Waals surface area contributed by atoms with Gasteiger partial charge in [0.25, 0.3) is 0 Å². The molecule has 142 valence electrons. The largest absolute Gasteiger partial charge is 0.458 e. The Morgan fingerprint density at radius 3 is 2.96 bits per heavy atom. The number of hydrogen-bond acceptors (Lipinski definition) is 7. The van der Waals surface area contributed by atoms with Crippen LogP contribution in [0.5, 0.6) is 0 Å². The van der Waals surface area contributed by atoms with Gasteiger partial charge in [0.1, 0.15) is 17.8 Å². The van der Waals surface area contributed by atoms with Gasteiger partial charge in [0.05, 0.1) is 24.5 Å².